The third-order valence-electron chi connectivity index (χ3n) is 4.97. The number of anilines is 2. The predicted octanol–water partition coefficient (Wildman–Crippen LogP) is 1.71. The maximum Gasteiger partial charge on any atom is 0.228 e. The molecule has 0 bridgehead atoms. The van der Waals surface area contributed by atoms with E-state index in [0.29, 0.717) is 44.5 Å². The maximum atomic E-state index is 11.6. The van der Waals surface area contributed by atoms with Gasteiger partial charge in [-0.2, -0.15) is 15.2 Å². The topological polar surface area (TPSA) is 100 Å². The Morgan fingerprint density at radius 3 is 2.41 bits per heavy atom. The summed E-state index contributed by atoms with van der Waals surface area (Å²) in [5, 5.41) is 11.7. The predicted molar refractivity (Wildman–Crippen MR) is 111 cm³/mol. The standard InChI is InChI=1S/C20H24N8O/c1-13-5-7-17-18(22-13)19(21-12-16-6-4-14(2)25-26-16)24-20(23-17)28-10-8-27(9-11-28)15(3)29/h4-7H,8-12H2,1-3H3,(H,21,23,24). The first-order valence-corrected chi connectivity index (χ1v) is 9.68. The van der Waals surface area contributed by atoms with Gasteiger partial charge in [0.25, 0.3) is 0 Å². The smallest absolute Gasteiger partial charge is 0.228 e. The molecular formula is C20H24N8O. The molecule has 9 nitrogen and oxygen atoms in total. The van der Waals surface area contributed by atoms with Crippen molar-refractivity contribution in [3.05, 3.63) is 41.3 Å². The van der Waals surface area contributed by atoms with Crippen LogP contribution in [0.5, 0.6) is 0 Å². The molecule has 1 aliphatic rings. The van der Waals surface area contributed by atoms with Crippen molar-refractivity contribution in [2.45, 2.75) is 27.3 Å². The number of hydrogen-bond acceptors (Lipinski definition) is 8. The molecule has 0 unspecified atom stereocenters. The highest BCUT2D eigenvalue weighted by Crippen LogP contribution is 2.23. The first-order valence-electron chi connectivity index (χ1n) is 9.68. The van der Waals surface area contributed by atoms with Crippen molar-refractivity contribution < 1.29 is 4.79 Å². The van der Waals surface area contributed by atoms with Crippen molar-refractivity contribution in [1.82, 2.24) is 30.0 Å². The van der Waals surface area contributed by atoms with Gasteiger partial charge in [-0.3, -0.25) is 4.79 Å². The van der Waals surface area contributed by atoms with Crippen LogP contribution in [-0.4, -0.2) is 62.1 Å². The Bertz CT molecular complexity index is 1030. The number of carbonyl (C=O) groups is 1. The van der Waals surface area contributed by atoms with Gasteiger partial charge in [0.05, 0.1) is 23.4 Å². The van der Waals surface area contributed by atoms with Crippen LogP contribution in [0.3, 0.4) is 0 Å². The molecule has 150 valence electrons. The molecule has 1 amide bonds. The summed E-state index contributed by atoms with van der Waals surface area (Å²) in [6.07, 6.45) is 0. The normalized spacial score (nSPS) is 14.3. The maximum absolute atomic E-state index is 11.6. The average molecular weight is 392 g/mol. The summed E-state index contributed by atoms with van der Waals surface area (Å²) in [5.41, 5.74) is 4.13. The van der Waals surface area contributed by atoms with Crippen molar-refractivity contribution in [3.8, 4) is 0 Å². The zero-order chi connectivity index (χ0) is 20.4. The van der Waals surface area contributed by atoms with Gasteiger partial charge in [0.2, 0.25) is 11.9 Å². The molecule has 29 heavy (non-hydrogen) atoms. The fourth-order valence-corrected chi connectivity index (χ4v) is 3.28. The summed E-state index contributed by atoms with van der Waals surface area (Å²) in [7, 11) is 0. The van der Waals surface area contributed by atoms with Gasteiger partial charge in [0.1, 0.15) is 5.52 Å². The lowest BCUT2D eigenvalue weighted by molar-refractivity contribution is -0.129. The third-order valence-corrected chi connectivity index (χ3v) is 4.97. The number of carbonyl (C=O) groups excluding carboxylic acids is 1. The van der Waals surface area contributed by atoms with Crippen LogP contribution in [0, 0.1) is 13.8 Å². The van der Waals surface area contributed by atoms with Gasteiger partial charge in [-0.25, -0.2) is 9.97 Å². The number of amides is 1. The van der Waals surface area contributed by atoms with Gasteiger partial charge < -0.3 is 15.1 Å². The summed E-state index contributed by atoms with van der Waals surface area (Å²) < 4.78 is 0. The Hall–Kier alpha value is -3.36. The minimum absolute atomic E-state index is 0.102. The van der Waals surface area contributed by atoms with E-state index >= 15 is 0 Å². The molecule has 0 saturated carbocycles. The van der Waals surface area contributed by atoms with E-state index in [0.717, 1.165) is 28.1 Å². The van der Waals surface area contributed by atoms with E-state index < -0.39 is 0 Å². The molecule has 0 aromatic carbocycles. The van der Waals surface area contributed by atoms with Crippen molar-refractivity contribution in [3.63, 3.8) is 0 Å². The van der Waals surface area contributed by atoms with E-state index in [9.17, 15) is 4.79 Å². The number of nitrogens with one attached hydrogen (secondary N) is 1. The summed E-state index contributed by atoms with van der Waals surface area (Å²) >= 11 is 0. The van der Waals surface area contributed by atoms with Crippen LogP contribution in [0.2, 0.25) is 0 Å². The third kappa shape index (κ3) is 4.23. The first-order chi connectivity index (χ1) is 14.0. The average Bonchev–Trinajstić information content (AvgIpc) is 2.73. The van der Waals surface area contributed by atoms with Gasteiger partial charge in [-0.15, -0.1) is 0 Å². The Kier molecular flexibility index (Phi) is 5.20. The van der Waals surface area contributed by atoms with E-state index in [1.165, 1.54) is 0 Å². The Labute approximate surface area is 169 Å². The highest BCUT2D eigenvalue weighted by molar-refractivity contribution is 5.86. The molecular weight excluding hydrogens is 368 g/mol. The van der Waals surface area contributed by atoms with Gasteiger partial charge in [-0.05, 0) is 38.1 Å². The minimum Gasteiger partial charge on any atom is -0.362 e. The molecule has 4 rings (SSSR count). The lowest BCUT2D eigenvalue weighted by Crippen LogP contribution is -2.48. The Morgan fingerprint density at radius 1 is 0.966 bits per heavy atom. The molecule has 0 aliphatic carbocycles. The number of piperazine rings is 1. The van der Waals surface area contributed by atoms with Crippen LogP contribution in [-0.2, 0) is 11.3 Å². The van der Waals surface area contributed by atoms with E-state index in [4.69, 9.17) is 9.97 Å². The molecule has 3 aromatic rings. The monoisotopic (exact) mass is 392 g/mol. The molecule has 0 radical (unpaired) electrons. The highest BCUT2D eigenvalue weighted by atomic mass is 16.2. The van der Waals surface area contributed by atoms with Crippen LogP contribution in [0.25, 0.3) is 11.0 Å². The summed E-state index contributed by atoms with van der Waals surface area (Å²) in [4.78, 5) is 29.6. The van der Waals surface area contributed by atoms with Gasteiger partial charge in [-0.1, -0.05) is 0 Å². The number of hydrogen-bond donors (Lipinski definition) is 1. The molecule has 3 aromatic heterocycles. The van der Waals surface area contributed by atoms with Crippen molar-refractivity contribution in [2.75, 3.05) is 36.4 Å². The number of pyridine rings is 1. The Morgan fingerprint density at radius 2 is 1.72 bits per heavy atom. The van der Waals surface area contributed by atoms with E-state index in [1.807, 2.05) is 43.0 Å². The molecule has 1 saturated heterocycles. The van der Waals surface area contributed by atoms with Gasteiger partial charge >= 0.3 is 0 Å². The van der Waals surface area contributed by atoms with Crippen molar-refractivity contribution in [1.29, 1.82) is 0 Å². The zero-order valence-corrected chi connectivity index (χ0v) is 16.9. The quantitative estimate of drug-likeness (QED) is 0.716. The fourth-order valence-electron chi connectivity index (χ4n) is 3.28. The summed E-state index contributed by atoms with van der Waals surface area (Å²) in [5.74, 6) is 1.42. The molecule has 9 heteroatoms. The van der Waals surface area contributed by atoms with E-state index in [1.54, 1.807) is 6.92 Å². The molecule has 1 aliphatic heterocycles. The first kappa shape index (κ1) is 19.0. The van der Waals surface area contributed by atoms with Gasteiger partial charge in [0, 0.05) is 38.8 Å². The number of aromatic nitrogens is 5. The number of fused-ring (bicyclic) bond motifs is 1. The molecule has 1 fully saturated rings. The second kappa shape index (κ2) is 7.94. The van der Waals surface area contributed by atoms with Crippen LogP contribution < -0.4 is 10.2 Å². The van der Waals surface area contributed by atoms with Crippen molar-refractivity contribution in [2.24, 2.45) is 0 Å². The second-order valence-corrected chi connectivity index (χ2v) is 7.21. The van der Waals surface area contributed by atoms with Crippen LogP contribution in [0.1, 0.15) is 24.0 Å². The van der Waals surface area contributed by atoms with Crippen LogP contribution >= 0.6 is 0 Å². The number of nitrogens with zero attached hydrogens (tertiary/aromatic N) is 7. The summed E-state index contributed by atoms with van der Waals surface area (Å²) in [6, 6.07) is 7.79. The summed E-state index contributed by atoms with van der Waals surface area (Å²) in [6.45, 7) is 8.70. The fraction of sp³-hybridized carbons (Fsp3) is 0.400. The van der Waals surface area contributed by atoms with Gasteiger partial charge in [0.15, 0.2) is 5.82 Å². The van der Waals surface area contributed by atoms with Crippen LogP contribution in [0.4, 0.5) is 11.8 Å². The van der Waals surface area contributed by atoms with E-state index in [-0.39, 0.29) is 5.91 Å². The molecule has 0 spiro atoms. The van der Waals surface area contributed by atoms with Crippen molar-refractivity contribution >= 4 is 28.7 Å². The minimum atomic E-state index is 0.102. The SMILES string of the molecule is CC(=O)N1CCN(c2nc(NCc3ccc(C)nn3)c3nc(C)ccc3n2)CC1. The molecule has 1 N–H and O–H groups in total. The zero-order valence-electron chi connectivity index (χ0n) is 16.9. The lowest BCUT2D eigenvalue weighted by Gasteiger charge is -2.34. The lowest BCUT2D eigenvalue weighted by atomic mass is 10.3. The highest BCUT2D eigenvalue weighted by Gasteiger charge is 2.22. The number of rotatable bonds is 4. The molecule has 0 atom stereocenters. The van der Waals surface area contributed by atoms with Crippen LogP contribution in [0.15, 0.2) is 24.3 Å². The number of aryl methyl sites for hydroxylation is 2. The Balaban J connectivity index is 1.62. The largest absolute Gasteiger partial charge is 0.362 e. The molecule has 4 heterocycles. The van der Waals surface area contributed by atoms with E-state index in [2.05, 4.69) is 25.4 Å². The second-order valence-electron chi connectivity index (χ2n) is 7.21.